The van der Waals surface area contributed by atoms with Gasteiger partial charge in [-0.05, 0) is 119 Å². The fourth-order valence-corrected chi connectivity index (χ4v) is 12.1. The first-order chi connectivity index (χ1) is 37.7. The molecule has 1 N–H and O–H groups in total. The molecule has 0 amide bonds. The van der Waals surface area contributed by atoms with Crippen LogP contribution in [0.1, 0.15) is 17.3 Å². The number of aromatic nitrogens is 3. The van der Waals surface area contributed by atoms with E-state index >= 15 is 0 Å². The fourth-order valence-electron chi connectivity index (χ4n) is 12.1. The highest BCUT2D eigenvalue weighted by Gasteiger charge is 2.26. The first kappa shape index (κ1) is 42.3. The highest BCUT2D eigenvalue weighted by Crippen LogP contribution is 2.44. The fraction of sp³-hybridized carbons (Fsp3) is 0.0145. The predicted molar refractivity (Wildman–Crippen MR) is 314 cm³/mol. The molecule has 1 aliphatic heterocycles. The number of rotatable bonds is 6. The van der Waals surface area contributed by atoms with Crippen LogP contribution in [0.3, 0.4) is 0 Å². The molecule has 0 aliphatic carbocycles. The normalized spacial score (nSPS) is 13.9. The van der Waals surface area contributed by atoms with Gasteiger partial charge in [-0.25, -0.2) is 4.99 Å². The molecular formula is C69H44N6O. The standard InChI is InChI=1S/C69H44N6O/c1-5-18-43(19-6-1)67-70-68(44-20-7-2-8-21-44)72-69(71-67)75-61-35-32-45(38-54(61)56-42-62-55(41-63(56)75)52-27-14-16-30-59(52)74(62)49-24-11-4-12-25-49)46-34-37-64-57(39-46)66-50(28-17-31-65(66)76-64)47-33-36-60-53(40-47)51-26-13-15-29-58(51)73(60)48-22-9-3-10-23-48/h1-42,67H,(H,70,71,72). The Balaban J connectivity index is 0.911. The van der Waals surface area contributed by atoms with Crippen molar-refractivity contribution in [3.05, 3.63) is 266 Å². The van der Waals surface area contributed by atoms with E-state index in [-0.39, 0.29) is 6.17 Å². The maximum Gasteiger partial charge on any atom is 0.234 e. The van der Waals surface area contributed by atoms with Gasteiger partial charge in [0, 0.05) is 60.0 Å². The number of nitrogens with one attached hydrogen (secondary N) is 1. The number of aliphatic imine (C=N–C) groups is 2. The van der Waals surface area contributed by atoms with Crippen LogP contribution in [0.4, 0.5) is 0 Å². The van der Waals surface area contributed by atoms with Crippen LogP contribution in [-0.4, -0.2) is 25.5 Å². The Morgan fingerprint density at radius 1 is 0.342 bits per heavy atom. The summed E-state index contributed by atoms with van der Waals surface area (Å²) in [6, 6.07) is 91.1. The molecule has 0 spiro atoms. The number of para-hydroxylation sites is 4. The van der Waals surface area contributed by atoms with Gasteiger partial charge in [-0.2, -0.15) is 4.99 Å². The number of nitrogens with zero attached hydrogens (tertiary/aromatic N) is 5. The summed E-state index contributed by atoms with van der Waals surface area (Å²) in [6.07, 6.45) is -0.364. The zero-order valence-electron chi connectivity index (χ0n) is 41.0. The van der Waals surface area contributed by atoms with Crippen molar-refractivity contribution >= 4 is 99.2 Å². The SMILES string of the molecule is c1ccc(C2=NC(n3c4ccc(-c5ccc6oc7cccc(-c8ccc9c(c8)c8ccccc8n9-c8ccccc8)c7c6c5)cc4c4cc5c(cc43)c3ccccc3n5-c3ccccc3)=NC(c3ccccc3)N2)cc1. The zero-order valence-corrected chi connectivity index (χ0v) is 41.0. The number of benzene rings is 11. The largest absolute Gasteiger partial charge is 0.456 e. The Morgan fingerprint density at radius 3 is 1.54 bits per heavy atom. The van der Waals surface area contributed by atoms with Crippen molar-refractivity contribution in [2.75, 3.05) is 0 Å². The van der Waals surface area contributed by atoms with Crippen LogP contribution in [0, 0.1) is 0 Å². The number of hydrogen-bond donors (Lipinski definition) is 1. The van der Waals surface area contributed by atoms with Gasteiger partial charge in [-0.1, -0.05) is 164 Å². The van der Waals surface area contributed by atoms with Crippen LogP contribution >= 0.6 is 0 Å². The van der Waals surface area contributed by atoms with Crippen LogP contribution in [0.2, 0.25) is 0 Å². The molecule has 0 saturated heterocycles. The second-order valence-corrected chi connectivity index (χ2v) is 19.8. The van der Waals surface area contributed by atoms with Gasteiger partial charge >= 0.3 is 0 Å². The summed E-state index contributed by atoms with van der Waals surface area (Å²) in [5.74, 6) is 1.39. The lowest BCUT2D eigenvalue weighted by Crippen LogP contribution is -2.35. The number of amidine groups is 1. The monoisotopic (exact) mass is 972 g/mol. The Hall–Kier alpha value is -10.2. The highest BCUT2D eigenvalue weighted by atomic mass is 16.3. The van der Waals surface area contributed by atoms with Crippen LogP contribution in [0.25, 0.3) is 121 Å². The zero-order chi connectivity index (χ0) is 49.8. The summed E-state index contributed by atoms with van der Waals surface area (Å²) in [6.45, 7) is 0. The molecule has 5 heterocycles. The van der Waals surface area contributed by atoms with E-state index in [1.54, 1.807) is 0 Å². The first-order valence-corrected chi connectivity index (χ1v) is 25.8. The van der Waals surface area contributed by atoms with E-state index in [2.05, 4.69) is 262 Å². The van der Waals surface area contributed by atoms with E-state index in [1.165, 1.54) is 27.2 Å². The van der Waals surface area contributed by atoms with E-state index in [0.29, 0.717) is 5.96 Å². The average Bonchev–Trinajstić information content (AvgIpc) is 4.32. The molecule has 0 saturated carbocycles. The Kier molecular flexibility index (Phi) is 9.26. The summed E-state index contributed by atoms with van der Waals surface area (Å²) < 4.78 is 13.7. The average molecular weight is 973 g/mol. The topological polar surface area (TPSA) is 64.7 Å². The number of hydrogen-bond acceptors (Lipinski definition) is 4. The Labute approximate surface area is 436 Å². The van der Waals surface area contributed by atoms with Crippen LogP contribution < -0.4 is 5.32 Å². The van der Waals surface area contributed by atoms with Crippen LogP contribution in [0.5, 0.6) is 0 Å². The van der Waals surface area contributed by atoms with Crippen LogP contribution in [-0.2, 0) is 0 Å². The van der Waals surface area contributed by atoms with E-state index < -0.39 is 0 Å². The van der Waals surface area contributed by atoms with Crippen molar-refractivity contribution in [3.63, 3.8) is 0 Å². The third kappa shape index (κ3) is 6.49. The lowest BCUT2D eigenvalue weighted by Gasteiger charge is -2.24. The molecule has 0 fully saturated rings. The third-order valence-corrected chi connectivity index (χ3v) is 15.5. The van der Waals surface area contributed by atoms with Gasteiger partial charge in [-0.3, -0.25) is 4.57 Å². The third-order valence-electron chi connectivity index (χ3n) is 15.5. The van der Waals surface area contributed by atoms with E-state index in [0.717, 1.165) is 111 Å². The summed E-state index contributed by atoms with van der Waals surface area (Å²) >= 11 is 0. The predicted octanol–water partition coefficient (Wildman–Crippen LogP) is 17.2. The second kappa shape index (κ2) is 16.6. The molecule has 16 rings (SSSR count). The molecule has 1 atom stereocenters. The molecule has 4 aromatic heterocycles. The summed E-state index contributed by atoms with van der Waals surface area (Å²) in [7, 11) is 0. The van der Waals surface area contributed by atoms with Crippen molar-refractivity contribution in [1.82, 2.24) is 19.0 Å². The van der Waals surface area contributed by atoms with Crippen molar-refractivity contribution in [1.29, 1.82) is 0 Å². The molecule has 15 aromatic rings. The minimum Gasteiger partial charge on any atom is -0.456 e. The molecule has 1 aliphatic rings. The number of furan rings is 1. The minimum absolute atomic E-state index is 0.364. The summed E-state index contributed by atoms with van der Waals surface area (Å²) in [5, 5.41) is 12.8. The molecule has 7 heteroatoms. The Bertz CT molecular complexity index is 4890. The summed E-state index contributed by atoms with van der Waals surface area (Å²) in [4.78, 5) is 10.8. The Morgan fingerprint density at radius 2 is 0.842 bits per heavy atom. The second-order valence-electron chi connectivity index (χ2n) is 19.8. The molecule has 356 valence electrons. The van der Waals surface area contributed by atoms with Gasteiger partial charge in [0.25, 0.3) is 0 Å². The number of fused-ring (bicyclic) bond motifs is 12. The molecule has 0 bridgehead atoms. The van der Waals surface area contributed by atoms with Gasteiger partial charge in [-0.15, -0.1) is 0 Å². The lowest BCUT2D eigenvalue weighted by molar-refractivity contribution is 0.668. The quantitative estimate of drug-likeness (QED) is 0.180. The maximum atomic E-state index is 6.68. The smallest absolute Gasteiger partial charge is 0.234 e. The molecule has 1 unspecified atom stereocenters. The van der Waals surface area contributed by atoms with Crippen molar-refractivity contribution in [2.45, 2.75) is 6.17 Å². The molecular weight excluding hydrogens is 929 g/mol. The van der Waals surface area contributed by atoms with Crippen molar-refractivity contribution < 1.29 is 4.42 Å². The maximum absolute atomic E-state index is 6.68. The van der Waals surface area contributed by atoms with Gasteiger partial charge in [0.1, 0.15) is 23.2 Å². The van der Waals surface area contributed by atoms with E-state index in [4.69, 9.17) is 14.4 Å². The molecule has 0 radical (unpaired) electrons. The molecule has 7 nitrogen and oxygen atoms in total. The van der Waals surface area contributed by atoms with Gasteiger partial charge in [0.05, 0.1) is 33.1 Å². The van der Waals surface area contributed by atoms with Gasteiger partial charge < -0.3 is 18.9 Å². The highest BCUT2D eigenvalue weighted by molar-refractivity contribution is 6.23. The molecule has 76 heavy (non-hydrogen) atoms. The van der Waals surface area contributed by atoms with Crippen molar-refractivity contribution in [2.24, 2.45) is 9.98 Å². The van der Waals surface area contributed by atoms with Gasteiger partial charge in [0.2, 0.25) is 5.96 Å². The van der Waals surface area contributed by atoms with Crippen LogP contribution in [0.15, 0.2) is 269 Å². The van der Waals surface area contributed by atoms with E-state index in [1.807, 2.05) is 12.1 Å². The first-order valence-electron chi connectivity index (χ1n) is 25.8. The van der Waals surface area contributed by atoms with E-state index in [9.17, 15) is 0 Å². The van der Waals surface area contributed by atoms with Gasteiger partial charge in [0.15, 0.2) is 0 Å². The van der Waals surface area contributed by atoms with Crippen molar-refractivity contribution in [3.8, 4) is 33.6 Å². The minimum atomic E-state index is -0.364. The molecule has 11 aromatic carbocycles. The summed E-state index contributed by atoms with van der Waals surface area (Å²) in [5.41, 5.74) is 17.2. The lowest BCUT2D eigenvalue weighted by atomic mass is 9.96.